The van der Waals surface area contributed by atoms with E-state index >= 15 is 0 Å². The molecule has 0 aromatic carbocycles. The fourth-order valence-corrected chi connectivity index (χ4v) is 7.63. The van der Waals surface area contributed by atoms with Crippen LogP contribution in [0.3, 0.4) is 0 Å². The maximum Gasteiger partial charge on any atom is 0.123 e. The Labute approximate surface area is 151 Å². The van der Waals surface area contributed by atoms with E-state index in [1.165, 1.54) is 12.0 Å². The van der Waals surface area contributed by atoms with Gasteiger partial charge in [-0.2, -0.15) is 0 Å². The highest BCUT2D eigenvalue weighted by Crippen LogP contribution is 2.66. The van der Waals surface area contributed by atoms with E-state index in [0.29, 0.717) is 23.7 Å². The van der Waals surface area contributed by atoms with Crippen molar-refractivity contribution < 1.29 is 15.0 Å². The predicted octanol–water partition coefficient (Wildman–Crippen LogP) is 3.73. The Morgan fingerprint density at radius 2 is 1.88 bits per heavy atom. The monoisotopic (exact) mass is 346 g/mol. The van der Waals surface area contributed by atoms with E-state index in [0.717, 1.165) is 44.8 Å². The Morgan fingerprint density at radius 3 is 2.60 bits per heavy atom. The first-order valence-electron chi connectivity index (χ1n) is 10.3. The molecule has 4 aliphatic carbocycles. The molecule has 2 N–H and O–H groups in total. The minimum Gasteiger partial charge on any atom is -0.393 e. The van der Waals surface area contributed by atoms with Gasteiger partial charge in [0.25, 0.3) is 0 Å². The van der Waals surface area contributed by atoms with Crippen molar-refractivity contribution in [1.82, 2.24) is 0 Å². The van der Waals surface area contributed by atoms with Crippen molar-refractivity contribution >= 4 is 6.29 Å². The molecule has 3 unspecified atom stereocenters. The molecule has 3 fully saturated rings. The summed E-state index contributed by atoms with van der Waals surface area (Å²) in [6.07, 6.45) is 9.92. The molecule has 140 valence electrons. The number of aliphatic hydroxyl groups is 2. The maximum absolute atomic E-state index is 11.4. The van der Waals surface area contributed by atoms with Gasteiger partial charge in [-0.1, -0.05) is 32.4 Å². The molecule has 3 nitrogen and oxygen atoms in total. The molecule has 0 amide bonds. The lowest BCUT2D eigenvalue weighted by Crippen LogP contribution is -2.55. The maximum atomic E-state index is 11.4. The summed E-state index contributed by atoms with van der Waals surface area (Å²) in [5.41, 5.74) is 1.65. The minimum absolute atomic E-state index is 0.124. The second-order valence-electron chi connectivity index (χ2n) is 10.0. The molecular weight excluding hydrogens is 312 g/mol. The summed E-state index contributed by atoms with van der Waals surface area (Å²) in [5.74, 6) is 1.97. The molecule has 0 saturated heterocycles. The highest BCUT2D eigenvalue weighted by Gasteiger charge is 2.61. The summed E-state index contributed by atoms with van der Waals surface area (Å²) in [5, 5.41) is 21.2. The van der Waals surface area contributed by atoms with E-state index < -0.39 is 0 Å². The molecule has 0 aliphatic heterocycles. The van der Waals surface area contributed by atoms with E-state index in [1.807, 2.05) is 0 Å². The van der Waals surface area contributed by atoms with Gasteiger partial charge in [-0.05, 0) is 79.4 Å². The molecule has 3 saturated carbocycles. The third-order valence-electron chi connectivity index (χ3n) is 9.03. The van der Waals surface area contributed by atoms with Crippen LogP contribution in [-0.4, -0.2) is 28.7 Å². The van der Waals surface area contributed by atoms with Gasteiger partial charge in [-0.3, -0.25) is 0 Å². The number of aliphatic hydroxyl groups excluding tert-OH is 2. The first-order valence-corrected chi connectivity index (χ1v) is 10.3. The molecule has 25 heavy (non-hydrogen) atoms. The molecule has 9 atom stereocenters. The molecule has 0 bridgehead atoms. The first kappa shape index (κ1) is 17.7. The zero-order chi connectivity index (χ0) is 18.0. The van der Waals surface area contributed by atoms with Crippen LogP contribution in [0.15, 0.2) is 11.6 Å². The third-order valence-corrected chi connectivity index (χ3v) is 9.03. The summed E-state index contributed by atoms with van der Waals surface area (Å²) in [7, 11) is 0. The average molecular weight is 347 g/mol. The summed E-state index contributed by atoms with van der Waals surface area (Å²) >= 11 is 0. The summed E-state index contributed by atoms with van der Waals surface area (Å²) < 4.78 is 0. The molecule has 0 aromatic heterocycles. The van der Waals surface area contributed by atoms with Crippen LogP contribution in [0.1, 0.15) is 65.7 Å². The van der Waals surface area contributed by atoms with Gasteiger partial charge in [0.05, 0.1) is 12.2 Å². The standard InChI is InChI=1S/C22H34O3/c1-13(12-23)16-4-5-17-20-18(7-9-22(16,17)3)21(2)8-6-15(24)10-14(21)11-19(20)25/h11-13,15-20,24-25H,4-10H2,1-3H3/t13?,15?,16-,17+,18+,19?,20+,21+,22-/m1/s1. The van der Waals surface area contributed by atoms with Crippen molar-refractivity contribution in [3.05, 3.63) is 11.6 Å². The van der Waals surface area contributed by atoms with E-state index in [9.17, 15) is 15.0 Å². The number of hydrogen-bond donors (Lipinski definition) is 2. The van der Waals surface area contributed by atoms with Crippen molar-refractivity contribution in [2.45, 2.75) is 77.9 Å². The van der Waals surface area contributed by atoms with Crippen LogP contribution in [0.4, 0.5) is 0 Å². The van der Waals surface area contributed by atoms with Gasteiger partial charge in [0.1, 0.15) is 6.29 Å². The highest BCUT2D eigenvalue weighted by molar-refractivity contribution is 5.53. The van der Waals surface area contributed by atoms with Gasteiger partial charge in [-0.15, -0.1) is 0 Å². The Balaban J connectivity index is 1.69. The normalized spacial score (nSPS) is 53.2. The van der Waals surface area contributed by atoms with Gasteiger partial charge in [-0.25, -0.2) is 0 Å². The molecule has 0 spiro atoms. The van der Waals surface area contributed by atoms with Gasteiger partial charge in [0, 0.05) is 5.92 Å². The van der Waals surface area contributed by atoms with Crippen molar-refractivity contribution in [1.29, 1.82) is 0 Å². The molecular formula is C22H34O3. The topological polar surface area (TPSA) is 57.5 Å². The lowest BCUT2D eigenvalue weighted by Gasteiger charge is -2.59. The van der Waals surface area contributed by atoms with Gasteiger partial charge in [0.2, 0.25) is 0 Å². The smallest absolute Gasteiger partial charge is 0.123 e. The van der Waals surface area contributed by atoms with E-state index in [1.54, 1.807) is 0 Å². The third kappa shape index (κ3) is 2.41. The lowest BCUT2D eigenvalue weighted by molar-refractivity contribution is -0.118. The van der Waals surface area contributed by atoms with Crippen LogP contribution in [0, 0.1) is 40.4 Å². The van der Waals surface area contributed by atoms with Crippen molar-refractivity contribution in [2.24, 2.45) is 40.4 Å². The molecule has 0 radical (unpaired) electrons. The van der Waals surface area contributed by atoms with Crippen molar-refractivity contribution in [3.63, 3.8) is 0 Å². The Kier molecular flexibility index (Phi) is 4.20. The molecule has 0 heterocycles. The number of fused-ring (bicyclic) bond motifs is 5. The number of carbonyl (C=O) groups is 1. The fraction of sp³-hybridized carbons (Fsp3) is 0.864. The molecule has 4 rings (SSSR count). The highest BCUT2D eigenvalue weighted by atomic mass is 16.3. The summed E-state index contributed by atoms with van der Waals surface area (Å²) in [6, 6.07) is 0. The van der Waals surface area contributed by atoms with E-state index in [4.69, 9.17) is 0 Å². The van der Waals surface area contributed by atoms with Crippen LogP contribution in [0.5, 0.6) is 0 Å². The van der Waals surface area contributed by atoms with Crippen LogP contribution >= 0.6 is 0 Å². The van der Waals surface area contributed by atoms with E-state index in [2.05, 4.69) is 26.8 Å². The van der Waals surface area contributed by atoms with E-state index in [-0.39, 0.29) is 29.0 Å². The summed E-state index contributed by atoms with van der Waals surface area (Å²) in [4.78, 5) is 11.4. The average Bonchev–Trinajstić information content (AvgIpc) is 2.93. The molecule has 3 heteroatoms. The zero-order valence-electron chi connectivity index (χ0n) is 15.9. The minimum atomic E-state index is -0.381. The first-order chi connectivity index (χ1) is 11.8. The SMILES string of the molecule is CC(C=O)[C@H]1CC[C@H]2[C@@H]3C(O)C=C4CC(O)CC[C@]4(C)[C@H]3CC[C@]12C. The lowest BCUT2D eigenvalue weighted by atomic mass is 9.46. The summed E-state index contributed by atoms with van der Waals surface area (Å²) in [6.45, 7) is 6.86. The number of aldehydes is 1. The quantitative estimate of drug-likeness (QED) is 0.592. The largest absolute Gasteiger partial charge is 0.393 e. The Morgan fingerprint density at radius 1 is 1.12 bits per heavy atom. The predicted molar refractivity (Wildman–Crippen MR) is 97.8 cm³/mol. The van der Waals surface area contributed by atoms with Crippen LogP contribution < -0.4 is 0 Å². The number of hydrogen-bond acceptors (Lipinski definition) is 3. The molecule has 4 aliphatic rings. The van der Waals surface area contributed by atoms with Gasteiger partial charge in [0.15, 0.2) is 0 Å². The number of rotatable bonds is 2. The van der Waals surface area contributed by atoms with Crippen LogP contribution in [0.25, 0.3) is 0 Å². The fourth-order valence-electron chi connectivity index (χ4n) is 7.63. The van der Waals surface area contributed by atoms with Crippen LogP contribution in [0.2, 0.25) is 0 Å². The second-order valence-corrected chi connectivity index (χ2v) is 10.0. The number of carbonyl (C=O) groups excluding carboxylic acids is 1. The van der Waals surface area contributed by atoms with Crippen LogP contribution in [-0.2, 0) is 4.79 Å². The van der Waals surface area contributed by atoms with Gasteiger partial charge >= 0.3 is 0 Å². The van der Waals surface area contributed by atoms with Gasteiger partial charge < -0.3 is 15.0 Å². The second kappa shape index (κ2) is 5.92. The molecule has 0 aromatic rings. The zero-order valence-corrected chi connectivity index (χ0v) is 15.9. The van der Waals surface area contributed by atoms with Crippen molar-refractivity contribution in [3.8, 4) is 0 Å². The Hall–Kier alpha value is -0.670. The van der Waals surface area contributed by atoms with Crippen molar-refractivity contribution in [2.75, 3.05) is 0 Å². The Bertz CT molecular complexity index is 584.